The molecule has 0 bridgehead atoms. The van der Waals surface area contributed by atoms with Crippen molar-refractivity contribution in [3.63, 3.8) is 0 Å². The third kappa shape index (κ3) is 3.57. The van der Waals surface area contributed by atoms with Gasteiger partial charge in [-0.2, -0.15) is 0 Å². The Morgan fingerprint density at radius 3 is 2.67 bits per heavy atom. The Hall–Kier alpha value is -1.35. The van der Waals surface area contributed by atoms with E-state index < -0.39 is 0 Å². The molecule has 0 amide bonds. The summed E-state index contributed by atoms with van der Waals surface area (Å²) in [6.45, 7) is 5.57. The van der Waals surface area contributed by atoms with Gasteiger partial charge < -0.3 is 4.74 Å². The van der Waals surface area contributed by atoms with Crippen molar-refractivity contribution in [1.29, 1.82) is 0 Å². The summed E-state index contributed by atoms with van der Waals surface area (Å²) in [5.41, 5.74) is 1.65. The van der Waals surface area contributed by atoms with Crippen molar-refractivity contribution in [3.05, 3.63) is 35.4 Å². The molecule has 2 rings (SSSR count). The molecule has 1 fully saturated rings. The molecule has 0 saturated carbocycles. The van der Waals surface area contributed by atoms with Gasteiger partial charge in [0.2, 0.25) is 0 Å². The molecule has 1 heterocycles. The SMILES string of the molecule is Cc1ccccc1C(=O)OCCN1CCCCC1. The Morgan fingerprint density at radius 1 is 1.22 bits per heavy atom. The summed E-state index contributed by atoms with van der Waals surface area (Å²) >= 11 is 0. The lowest BCUT2D eigenvalue weighted by Crippen LogP contribution is -2.33. The Morgan fingerprint density at radius 2 is 1.94 bits per heavy atom. The Bertz CT molecular complexity index is 397. The van der Waals surface area contributed by atoms with Crippen LogP contribution in [0.25, 0.3) is 0 Å². The second-order valence-electron chi connectivity index (χ2n) is 4.85. The smallest absolute Gasteiger partial charge is 0.338 e. The molecule has 18 heavy (non-hydrogen) atoms. The molecule has 0 unspecified atom stereocenters. The molecule has 0 radical (unpaired) electrons. The fraction of sp³-hybridized carbons (Fsp3) is 0.533. The van der Waals surface area contributed by atoms with E-state index in [0.717, 1.165) is 25.2 Å². The van der Waals surface area contributed by atoms with Crippen LogP contribution in [0.3, 0.4) is 0 Å². The molecular formula is C15H21NO2. The summed E-state index contributed by atoms with van der Waals surface area (Å²) in [4.78, 5) is 14.2. The number of piperidine rings is 1. The molecule has 0 atom stereocenters. The van der Waals surface area contributed by atoms with Gasteiger partial charge in [-0.1, -0.05) is 24.6 Å². The lowest BCUT2D eigenvalue weighted by Gasteiger charge is -2.25. The molecule has 3 nitrogen and oxygen atoms in total. The van der Waals surface area contributed by atoms with E-state index in [-0.39, 0.29) is 5.97 Å². The van der Waals surface area contributed by atoms with Gasteiger partial charge in [-0.3, -0.25) is 4.90 Å². The first-order valence-electron chi connectivity index (χ1n) is 6.72. The summed E-state index contributed by atoms with van der Waals surface area (Å²) in [6, 6.07) is 7.55. The number of hydrogen-bond acceptors (Lipinski definition) is 3. The van der Waals surface area contributed by atoms with E-state index in [2.05, 4.69) is 4.90 Å². The number of aryl methyl sites for hydroxylation is 1. The third-order valence-electron chi connectivity index (χ3n) is 3.45. The number of ether oxygens (including phenoxy) is 1. The molecular weight excluding hydrogens is 226 g/mol. The molecule has 0 aliphatic carbocycles. The third-order valence-corrected chi connectivity index (χ3v) is 3.45. The van der Waals surface area contributed by atoms with E-state index in [0.29, 0.717) is 12.2 Å². The van der Waals surface area contributed by atoms with Crippen LogP contribution in [-0.2, 0) is 4.74 Å². The van der Waals surface area contributed by atoms with E-state index in [1.807, 2.05) is 31.2 Å². The Balaban J connectivity index is 1.76. The molecule has 1 aliphatic heterocycles. The first-order valence-corrected chi connectivity index (χ1v) is 6.72. The number of carbonyl (C=O) groups is 1. The minimum absolute atomic E-state index is 0.204. The number of likely N-dealkylation sites (tertiary alicyclic amines) is 1. The highest BCUT2D eigenvalue weighted by molar-refractivity contribution is 5.90. The Labute approximate surface area is 109 Å². The van der Waals surface area contributed by atoms with E-state index >= 15 is 0 Å². The normalized spacial score (nSPS) is 16.5. The highest BCUT2D eigenvalue weighted by Gasteiger charge is 2.12. The van der Waals surface area contributed by atoms with Crippen molar-refractivity contribution in [1.82, 2.24) is 4.90 Å². The molecule has 0 spiro atoms. The van der Waals surface area contributed by atoms with Crippen LogP contribution in [0, 0.1) is 6.92 Å². The molecule has 0 N–H and O–H groups in total. The van der Waals surface area contributed by atoms with Crippen LogP contribution >= 0.6 is 0 Å². The van der Waals surface area contributed by atoms with Crippen molar-refractivity contribution < 1.29 is 9.53 Å². The zero-order valence-electron chi connectivity index (χ0n) is 11.0. The average molecular weight is 247 g/mol. The number of nitrogens with zero attached hydrogens (tertiary/aromatic N) is 1. The van der Waals surface area contributed by atoms with Crippen molar-refractivity contribution in [2.24, 2.45) is 0 Å². The van der Waals surface area contributed by atoms with E-state index in [1.165, 1.54) is 19.3 Å². The minimum atomic E-state index is -0.204. The predicted molar refractivity (Wildman–Crippen MR) is 71.8 cm³/mol. The van der Waals surface area contributed by atoms with Gasteiger partial charge in [0, 0.05) is 6.54 Å². The van der Waals surface area contributed by atoms with Gasteiger partial charge in [-0.15, -0.1) is 0 Å². The maximum Gasteiger partial charge on any atom is 0.338 e. The van der Waals surface area contributed by atoms with Gasteiger partial charge in [-0.05, 0) is 44.5 Å². The van der Waals surface area contributed by atoms with Crippen LogP contribution < -0.4 is 0 Å². The summed E-state index contributed by atoms with van der Waals surface area (Å²) in [5.74, 6) is -0.204. The van der Waals surface area contributed by atoms with Gasteiger partial charge in [0.1, 0.15) is 6.61 Å². The molecule has 98 valence electrons. The lowest BCUT2D eigenvalue weighted by atomic mass is 10.1. The van der Waals surface area contributed by atoms with Crippen LogP contribution in [0.5, 0.6) is 0 Å². The van der Waals surface area contributed by atoms with Crippen molar-refractivity contribution in [3.8, 4) is 0 Å². The highest BCUT2D eigenvalue weighted by atomic mass is 16.5. The van der Waals surface area contributed by atoms with Crippen LogP contribution in [0.15, 0.2) is 24.3 Å². The lowest BCUT2D eigenvalue weighted by molar-refractivity contribution is 0.0451. The first-order chi connectivity index (χ1) is 8.77. The van der Waals surface area contributed by atoms with Gasteiger partial charge in [0.05, 0.1) is 5.56 Å². The zero-order chi connectivity index (χ0) is 12.8. The van der Waals surface area contributed by atoms with E-state index in [9.17, 15) is 4.79 Å². The summed E-state index contributed by atoms with van der Waals surface area (Å²) < 4.78 is 5.33. The fourth-order valence-corrected chi connectivity index (χ4v) is 2.33. The van der Waals surface area contributed by atoms with Crippen molar-refractivity contribution in [2.75, 3.05) is 26.2 Å². The molecule has 1 aliphatic rings. The predicted octanol–water partition coefficient (Wildman–Crippen LogP) is 2.64. The summed E-state index contributed by atoms with van der Waals surface area (Å²) in [7, 11) is 0. The topological polar surface area (TPSA) is 29.5 Å². The van der Waals surface area contributed by atoms with E-state index in [1.54, 1.807) is 0 Å². The first kappa shape index (κ1) is 13.1. The second-order valence-corrected chi connectivity index (χ2v) is 4.85. The zero-order valence-corrected chi connectivity index (χ0v) is 11.0. The number of carbonyl (C=O) groups excluding carboxylic acids is 1. The number of benzene rings is 1. The van der Waals surface area contributed by atoms with Crippen LogP contribution in [0.4, 0.5) is 0 Å². The van der Waals surface area contributed by atoms with Crippen molar-refractivity contribution >= 4 is 5.97 Å². The average Bonchev–Trinajstić information content (AvgIpc) is 2.40. The largest absolute Gasteiger partial charge is 0.461 e. The van der Waals surface area contributed by atoms with Crippen LogP contribution in [-0.4, -0.2) is 37.1 Å². The molecule has 1 saturated heterocycles. The monoisotopic (exact) mass is 247 g/mol. The maximum atomic E-state index is 11.9. The van der Waals surface area contributed by atoms with Crippen LogP contribution in [0.2, 0.25) is 0 Å². The Kier molecular flexibility index (Phi) is 4.76. The summed E-state index contributed by atoms with van der Waals surface area (Å²) in [6.07, 6.45) is 3.87. The number of hydrogen-bond donors (Lipinski definition) is 0. The minimum Gasteiger partial charge on any atom is -0.461 e. The highest BCUT2D eigenvalue weighted by Crippen LogP contribution is 2.10. The molecule has 1 aromatic carbocycles. The van der Waals surface area contributed by atoms with E-state index in [4.69, 9.17) is 4.74 Å². The second kappa shape index (κ2) is 6.55. The van der Waals surface area contributed by atoms with Gasteiger partial charge in [0.15, 0.2) is 0 Å². The standard InChI is InChI=1S/C15H21NO2/c1-13-7-3-4-8-14(13)15(17)18-12-11-16-9-5-2-6-10-16/h3-4,7-8H,2,5-6,9-12H2,1H3. The number of rotatable bonds is 4. The molecule has 3 heteroatoms. The quantitative estimate of drug-likeness (QED) is 0.766. The van der Waals surface area contributed by atoms with Gasteiger partial charge in [-0.25, -0.2) is 4.79 Å². The maximum absolute atomic E-state index is 11.9. The van der Waals surface area contributed by atoms with Crippen molar-refractivity contribution in [2.45, 2.75) is 26.2 Å². The van der Waals surface area contributed by atoms with Gasteiger partial charge >= 0.3 is 5.97 Å². The fourth-order valence-electron chi connectivity index (χ4n) is 2.33. The van der Waals surface area contributed by atoms with Gasteiger partial charge in [0.25, 0.3) is 0 Å². The van der Waals surface area contributed by atoms with Crippen LogP contribution in [0.1, 0.15) is 35.2 Å². The molecule has 1 aromatic rings. The summed E-state index contributed by atoms with van der Waals surface area (Å²) in [5, 5.41) is 0. The number of esters is 1. The molecule has 0 aromatic heterocycles.